The molecule has 0 spiro atoms. The first-order chi connectivity index (χ1) is 9.42. The van der Waals surface area contributed by atoms with Gasteiger partial charge in [0.05, 0.1) is 0 Å². The molecule has 2 heterocycles. The number of likely N-dealkylation sites (tertiary alicyclic amines) is 1. The van der Waals surface area contributed by atoms with Crippen molar-refractivity contribution < 1.29 is 0 Å². The Hall–Kier alpha value is -1.28. The van der Waals surface area contributed by atoms with E-state index in [-0.39, 0.29) is 0 Å². The molecule has 0 amide bonds. The molecule has 100 valence electrons. The van der Waals surface area contributed by atoms with Crippen LogP contribution >= 0.6 is 0 Å². The van der Waals surface area contributed by atoms with E-state index < -0.39 is 0 Å². The maximum atomic E-state index is 3.62. The molecule has 1 aromatic heterocycles. The van der Waals surface area contributed by atoms with E-state index in [1.807, 2.05) is 0 Å². The van der Waals surface area contributed by atoms with Crippen LogP contribution in [0.2, 0.25) is 0 Å². The van der Waals surface area contributed by atoms with E-state index >= 15 is 0 Å². The van der Waals surface area contributed by atoms with Gasteiger partial charge in [-0.05, 0) is 56.8 Å². The van der Waals surface area contributed by atoms with E-state index in [1.54, 1.807) is 5.56 Å². The fourth-order valence-corrected chi connectivity index (χ4v) is 3.95. The minimum absolute atomic E-state index is 0.784. The van der Waals surface area contributed by atoms with Gasteiger partial charge in [-0.15, -0.1) is 0 Å². The summed E-state index contributed by atoms with van der Waals surface area (Å²) in [6.45, 7) is 2.64. The van der Waals surface area contributed by atoms with Gasteiger partial charge in [-0.25, -0.2) is 0 Å². The van der Waals surface area contributed by atoms with Crippen LogP contribution in [0.1, 0.15) is 36.9 Å². The topological polar surface area (TPSA) is 19.0 Å². The third-order valence-electron chi connectivity index (χ3n) is 4.98. The predicted molar refractivity (Wildman–Crippen MR) is 79.5 cm³/mol. The molecule has 1 aromatic carbocycles. The zero-order valence-corrected chi connectivity index (χ0v) is 11.5. The Morgan fingerprint density at radius 3 is 2.79 bits per heavy atom. The lowest BCUT2D eigenvalue weighted by Gasteiger charge is -2.36. The summed E-state index contributed by atoms with van der Waals surface area (Å²) in [6.07, 6.45) is 8.04. The largest absolute Gasteiger partial charge is 0.358 e. The zero-order valence-electron chi connectivity index (χ0n) is 11.5. The first-order valence-electron chi connectivity index (χ1n) is 7.74. The molecule has 4 rings (SSSR count). The van der Waals surface area contributed by atoms with Gasteiger partial charge in [0.1, 0.15) is 0 Å². The summed E-state index contributed by atoms with van der Waals surface area (Å²) in [4.78, 5) is 6.37. The average molecular weight is 254 g/mol. The number of aromatic amines is 1. The molecule has 1 aliphatic carbocycles. The number of piperidine rings is 1. The smallest absolute Gasteiger partial charge is 0.0458 e. The number of hydrogen-bond acceptors (Lipinski definition) is 1. The summed E-state index contributed by atoms with van der Waals surface area (Å²) in [5.41, 5.74) is 4.42. The molecule has 1 atom stereocenters. The lowest BCUT2D eigenvalue weighted by atomic mass is 9.89. The van der Waals surface area contributed by atoms with Crippen molar-refractivity contribution in [3.8, 4) is 0 Å². The van der Waals surface area contributed by atoms with Gasteiger partial charge in [0, 0.05) is 22.6 Å². The van der Waals surface area contributed by atoms with Crippen molar-refractivity contribution in [3.63, 3.8) is 0 Å². The highest BCUT2D eigenvalue weighted by atomic mass is 15.2. The fourth-order valence-electron chi connectivity index (χ4n) is 3.95. The van der Waals surface area contributed by atoms with Crippen molar-refractivity contribution >= 4 is 10.9 Å². The van der Waals surface area contributed by atoms with Crippen LogP contribution in [0.3, 0.4) is 0 Å². The van der Waals surface area contributed by atoms with Crippen LogP contribution in [0.4, 0.5) is 0 Å². The van der Waals surface area contributed by atoms with Gasteiger partial charge in [0.15, 0.2) is 0 Å². The van der Waals surface area contributed by atoms with Crippen LogP contribution < -0.4 is 0 Å². The van der Waals surface area contributed by atoms with Crippen LogP contribution in [0, 0.1) is 0 Å². The first-order valence-corrected chi connectivity index (χ1v) is 7.74. The van der Waals surface area contributed by atoms with Gasteiger partial charge in [-0.1, -0.05) is 24.6 Å². The molecule has 2 nitrogen and oxygen atoms in total. The van der Waals surface area contributed by atoms with E-state index in [9.17, 15) is 0 Å². The van der Waals surface area contributed by atoms with E-state index in [4.69, 9.17) is 0 Å². The van der Waals surface area contributed by atoms with Gasteiger partial charge in [-0.2, -0.15) is 0 Å². The van der Waals surface area contributed by atoms with Crippen molar-refractivity contribution in [2.45, 2.75) is 44.6 Å². The molecular formula is C17H22N2. The van der Waals surface area contributed by atoms with Crippen molar-refractivity contribution in [2.75, 3.05) is 13.1 Å². The SMILES string of the molecule is c1ccc2c3c([nH]c2c1)CC[C@@H](N1CCCCC1)C3. The van der Waals surface area contributed by atoms with Crippen molar-refractivity contribution in [3.05, 3.63) is 35.5 Å². The first kappa shape index (κ1) is 11.5. The van der Waals surface area contributed by atoms with E-state index in [2.05, 4.69) is 34.1 Å². The molecule has 1 fully saturated rings. The van der Waals surface area contributed by atoms with Crippen LogP contribution in [0.25, 0.3) is 10.9 Å². The maximum Gasteiger partial charge on any atom is 0.0458 e. The second-order valence-corrected chi connectivity index (χ2v) is 6.12. The number of aryl methyl sites for hydroxylation is 1. The van der Waals surface area contributed by atoms with Crippen molar-refractivity contribution in [2.24, 2.45) is 0 Å². The lowest BCUT2D eigenvalue weighted by molar-refractivity contribution is 0.150. The monoisotopic (exact) mass is 254 g/mol. The van der Waals surface area contributed by atoms with E-state index in [1.165, 1.54) is 68.2 Å². The lowest BCUT2D eigenvalue weighted by Crippen LogP contribution is -2.42. The summed E-state index contributed by atoms with van der Waals surface area (Å²) in [7, 11) is 0. The summed E-state index contributed by atoms with van der Waals surface area (Å²) in [6, 6.07) is 9.58. The van der Waals surface area contributed by atoms with Crippen LogP contribution in [-0.2, 0) is 12.8 Å². The Morgan fingerprint density at radius 2 is 1.89 bits per heavy atom. The Labute approximate surface area is 114 Å². The van der Waals surface area contributed by atoms with E-state index in [0.29, 0.717) is 0 Å². The molecular weight excluding hydrogens is 232 g/mol. The second-order valence-electron chi connectivity index (χ2n) is 6.12. The Bertz CT molecular complexity index is 578. The Kier molecular flexibility index (Phi) is 2.84. The molecule has 0 unspecified atom stereocenters. The molecule has 2 aliphatic rings. The number of nitrogens with zero attached hydrogens (tertiary/aromatic N) is 1. The number of benzene rings is 1. The Morgan fingerprint density at radius 1 is 1.05 bits per heavy atom. The standard InChI is InChI=1S/C17H22N2/c1-4-10-19(11-5-1)13-8-9-17-15(12-13)14-6-2-3-7-16(14)18-17/h2-3,6-7,13,18H,1,4-5,8-12H2/t13-/m1/s1. The Balaban J connectivity index is 1.65. The average Bonchev–Trinajstić information content (AvgIpc) is 2.86. The minimum Gasteiger partial charge on any atom is -0.358 e. The predicted octanol–water partition coefficient (Wildman–Crippen LogP) is 3.51. The third-order valence-corrected chi connectivity index (χ3v) is 4.98. The molecule has 0 bridgehead atoms. The van der Waals surface area contributed by atoms with Crippen molar-refractivity contribution in [1.29, 1.82) is 0 Å². The van der Waals surface area contributed by atoms with Gasteiger partial charge < -0.3 is 9.88 Å². The van der Waals surface area contributed by atoms with Crippen molar-refractivity contribution in [1.82, 2.24) is 9.88 Å². The van der Waals surface area contributed by atoms with Gasteiger partial charge in [0.25, 0.3) is 0 Å². The quantitative estimate of drug-likeness (QED) is 0.825. The highest BCUT2D eigenvalue weighted by Gasteiger charge is 2.27. The number of fused-ring (bicyclic) bond motifs is 3. The minimum atomic E-state index is 0.784. The highest BCUT2D eigenvalue weighted by molar-refractivity contribution is 5.84. The van der Waals surface area contributed by atoms with Gasteiger partial charge in [0.2, 0.25) is 0 Å². The maximum absolute atomic E-state index is 3.62. The summed E-state index contributed by atoms with van der Waals surface area (Å²) in [5, 5.41) is 1.46. The molecule has 1 saturated heterocycles. The fraction of sp³-hybridized carbons (Fsp3) is 0.529. The van der Waals surface area contributed by atoms with E-state index in [0.717, 1.165) is 6.04 Å². The molecule has 19 heavy (non-hydrogen) atoms. The highest BCUT2D eigenvalue weighted by Crippen LogP contribution is 2.31. The van der Waals surface area contributed by atoms with Crippen LogP contribution in [0.15, 0.2) is 24.3 Å². The number of rotatable bonds is 1. The summed E-state index contributed by atoms with van der Waals surface area (Å²) < 4.78 is 0. The number of aromatic nitrogens is 1. The molecule has 2 heteroatoms. The van der Waals surface area contributed by atoms with Crippen LogP contribution in [-0.4, -0.2) is 29.0 Å². The normalized spacial score (nSPS) is 24.5. The summed E-state index contributed by atoms with van der Waals surface area (Å²) in [5.74, 6) is 0. The summed E-state index contributed by atoms with van der Waals surface area (Å²) >= 11 is 0. The molecule has 1 N–H and O–H groups in total. The molecule has 2 aromatic rings. The second kappa shape index (κ2) is 4.68. The zero-order chi connectivity index (χ0) is 12.7. The molecule has 0 saturated carbocycles. The number of para-hydroxylation sites is 1. The van der Waals surface area contributed by atoms with Gasteiger partial charge in [-0.3, -0.25) is 0 Å². The van der Waals surface area contributed by atoms with Crippen LogP contribution in [0.5, 0.6) is 0 Å². The number of hydrogen-bond donors (Lipinski definition) is 1. The number of nitrogens with one attached hydrogen (secondary N) is 1. The van der Waals surface area contributed by atoms with Gasteiger partial charge >= 0.3 is 0 Å². The molecule has 1 aliphatic heterocycles. The third kappa shape index (κ3) is 1.99. The number of H-pyrrole nitrogens is 1. The molecule has 0 radical (unpaired) electrons.